The highest BCUT2D eigenvalue weighted by atomic mass is 79.9. The van der Waals surface area contributed by atoms with E-state index in [0.29, 0.717) is 0 Å². The minimum Gasteiger partial charge on any atom is -0.467 e. The van der Waals surface area contributed by atoms with E-state index in [1.54, 1.807) is 6.20 Å². The lowest BCUT2D eigenvalue weighted by Gasteiger charge is -2.24. The molecular formula is C10H12BrN3O2. The maximum absolute atomic E-state index is 11.6. The van der Waals surface area contributed by atoms with Crippen molar-refractivity contribution < 1.29 is 9.53 Å². The molecule has 2 rings (SSSR count). The van der Waals surface area contributed by atoms with Gasteiger partial charge in [-0.1, -0.05) is 0 Å². The fraction of sp³-hybridized carbons (Fsp3) is 0.500. The molecule has 0 radical (unpaired) electrons. The molecule has 0 bridgehead atoms. The van der Waals surface area contributed by atoms with E-state index in [0.717, 1.165) is 29.7 Å². The Labute approximate surface area is 102 Å². The molecule has 0 spiro atoms. The van der Waals surface area contributed by atoms with Crippen molar-refractivity contribution in [1.29, 1.82) is 0 Å². The Bertz CT molecular complexity index is 399. The molecule has 0 amide bonds. The first-order valence-corrected chi connectivity index (χ1v) is 5.83. The number of hydrogen-bond acceptors (Lipinski definition) is 5. The molecule has 5 nitrogen and oxygen atoms in total. The summed E-state index contributed by atoms with van der Waals surface area (Å²) in [5, 5.41) is 0. The van der Waals surface area contributed by atoms with Gasteiger partial charge in [-0.05, 0) is 28.8 Å². The SMILES string of the molecule is COC(=O)C1CCCN1c1ncncc1Br. The second kappa shape index (κ2) is 4.78. The number of halogens is 1. The van der Waals surface area contributed by atoms with E-state index in [1.165, 1.54) is 13.4 Å². The Kier molecular flexibility index (Phi) is 3.38. The molecule has 1 saturated heterocycles. The zero-order chi connectivity index (χ0) is 11.5. The standard InChI is InChI=1S/C10H12BrN3O2/c1-16-10(15)8-3-2-4-14(8)9-7(11)5-12-6-13-9/h5-6,8H,2-4H2,1H3. The van der Waals surface area contributed by atoms with Gasteiger partial charge in [0.2, 0.25) is 0 Å². The number of nitrogens with zero attached hydrogens (tertiary/aromatic N) is 3. The van der Waals surface area contributed by atoms with E-state index in [1.807, 2.05) is 4.90 Å². The lowest BCUT2D eigenvalue weighted by Crippen LogP contribution is -2.37. The van der Waals surface area contributed by atoms with Crippen LogP contribution in [0.25, 0.3) is 0 Å². The van der Waals surface area contributed by atoms with E-state index >= 15 is 0 Å². The second-order valence-electron chi connectivity index (χ2n) is 3.57. The maximum Gasteiger partial charge on any atom is 0.328 e. The highest BCUT2D eigenvalue weighted by Crippen LogP contribution is 2.29. The van der Waals surface area contributed by atoms with E-state index < -0.39 is 0 Å². The molecule has 1 aliphatic rings. The zero-order valence-corrected chi connectivity index (χ0v) is 10.5. The summed E-state index contributed by atoms with van der Waals surface area (Å²) in [7, 11) is 1.41. The number of aromatic nitrogens is 2. The second-order valence-corrected chi connectivity index (χ2v) is 4.42. The van der Waals surface area contributed by atoms with Crippen LogP contribution < -0.4 is 4.90 Å². The smallest absolute Gasteiger partial charge is 0.328 e. The highest BCUT2D eigenvalue weighted by Gasteiger charge is 2.33. The van der Waals surface area contributed by atoms with Crippen LogP contribution >= 0.6 is 15.9 Å². The molecule has 0 N–H and O–H groups in total. The van der Waals surface area contributed by atoms with Crippen LogP contribution in [0.3, 0.4) is 0 Å². The Morgan fingerprint density at radius 2 is 2.50 bits per heavy atom. The van der Waals surface area contributed by atoms with Crippen LogP contribution in [0.5, 0.6) is 0 Å². The predicted octanol–water partition coefficient (Wildman–Crippen LogP) is 1.38. The van der Waals surface area contributed by atoms with Crippen LogP contribution in [-0.4, -0.2) is 35.6 Å². The van der Waals surface area contributed by atoms with Crippen LogP contribution in [-0.2, 0) is 9.53 Å². The van der Waals surface area contributed by atoms with Crippen LogP contribution in [0.2, 0.25) is 0 Å². The summed E-state index contributed by atoms with van der Waals surface area (Å²) in [5.41, 5.74) is 0. The fourth-order valence-corrected chi connectivity index (χ4v) is 2.37. The Balaban J connectivity index is 2.27. The molecule has 0 aliphatic carbocycles. The molecule has 1 aromatic rings. The number of carbonyl (C=O) groups is 1. The van der Waals surface area contributed by atoms with Gasteiger partial charge in [-0.2, -0.15) is 0 Å². The van der Waals surface area contributed by atoms with Gasteiger partial charge in [0, 0.05) is 12.7 Å². The van der Waals surface area contributed by atoms with E-state index in [2.05, 4.69) is 25.9 Å². The number of methoxy groups -OCH3 is 1. The lowest BCUT2D eigenvalue weighted by molar-refractivity contribution is -0.141. The normalized spacial score (nSPS) is 19.9. The average molecular weight is 286 g/mol. The maximum atomic E-state index is 11.6. The third-order valence-corrected chi connectivity index (χ3v) is 3.21. The van der Waals surface area contributed by atoms with Gasteiger partial charge in [-0.25, -0.2) is 14.8 Å². The first kappa shape index (κ1) is 11.3. The molecule has 6 heteroatoms. The minimum absolute atomic E-state index is 0.206. The Morgan fingerprint density at radius 3 is 3.19 bits per heavy atom. The molecule has 1 atom stereocenters. The van der Waals surface area contributed by atoms with E-state index in [9.17, 15) is 4.79 Å². The van der Waals surface area contributed by atoms with Gasteiger partial charge >= 0.3 is 5.97 Å². The molecule has 86 valence electrons. The minimum atomic E-state index is -0.226. The molecule has 1 fully saturated rings. The summed E-state index contributed by atoms with van der Waals surface area (Å²) in [4.78, 5) is 21.6. The summed E-state index contributed by atoms with van der Waals surface area (Å²) in [5.74, 6) is 0.547. The average Bonchev–Trinajstić information content (AvgIpc) is 2.77. The van der Waals surface area contributed by atoms with Gasteiger partial charge in [0.25, 0.3) is 0 Å². The van der Waals surface area contributed by atoms with Crippen molar-refractivity contribution in [2.75, 3.05) is 18.6 Å². The monoisotopic (exact) mass is 285 g/mol. The van der Waals surface area contributed by atoms with Gasteiger partial charge in [0.15, 0.2) is 0 Å². The lowest BCUT2D eigenvalue weighted by atomic mass is 10.2. The number of anilines is 1. The largest absolute Gasteiger partial charge is 0.467 e. The molecule has 0 aromatic carbocycles. The Hall–Kier alpha value is -1.17. The molecule has 1 aliphatic heterocycles. The molecule has 2 heterocycles. The topological polar surface area (TPSA) is 55.3 Å². The number of hydrogen-bond donors (Lipinski definition) is 0. The van der Waals surface area contributed by atoms with Crippen LogP contribution in [0.1, 0.15) is 12.8 Å². The van der Waals surface area contributed by atoms with Crippen LogP contribution in [0.4, 0.5) is 5.82 Å². The molecule has 0 saturated carbocycles. The molecular weight excluding hydrogens is 274 g/mol. The van der Waals surface area contributed by atoms with Crippen molar-refractivity contribution in [2.24, 2.45) is 0 Å². The van der Waals surface area contributed by atoms with Crippen molar-refractivity contribution >= 4 is 27.7 Å². The van der Waals surface area contributed by atoms with Crippen molar-refractivity contribution in [3.63, 3.8) is 0 Å². The first-order chi connectivity index (χ1) is 7.74. The number of ether oxygens (including phenoxy) is 1. The zero-order valence-electron chi connectivity index (χ0n) is 8.89. The van der Waals surface area contributed by atoms with E-state index in [-0.39, 0.29) is 12.0 Å². The predicted molar refractivity (Wildman–Crippen MR) is 62.1 cm³/mol. The van der Waals surface area contributed by atoms with Gasteiger partial charge in [0.05, 0.1) is 11.6 Å². The summed E-state index contributed by atoms with van der Waals surface area (Å²) in [6, 6.07) is -0.226. The quantitative estimate of drug-likeness (QED) is 0.769. The fourth-order valence-electron chi connectivity index (χ4n) is 1.92. The van der Waals surface area contributed by atoms with E-state index in [4.69, 9.17) is 4.74 Å². The first-order valence-electron chi connectivity index (χ1n) is 5.04. The van der Waals surface area contributed by atoms with Gasteiger partial charge < -0.3 is 9.64 Å². The number of esters is 1. The summed E-state index contributed by atoms with van der Waals surface area (Å²) >= 11 is 3.39. The van der Waals surface area contributed by atoms with Crippen molar-refractivity contribution in [3.05, 3.63) is 17.0 Å². The van der Waals surface area contributed by atoms with Crippen LogP contribution in [0.15, 0.2) is 17.0 Å². The van der Waals surface area contributed by atoms with Gasteiger partial charge in [-0.3, -0.25) is 0 Å². The van der Waals surface area contributed by atoms with Crippen molar-refractivity contribution in [2.45, 2.75) is 18.9 Å². The van der Waals surface area contributed by atoms with Gasteiger partial charge in [-0.15, -0.1) is 0 Å². The van der Waals surface area contributed by atoms with Crippen molar-refractivity contribution in [3.8, 4) is 0 Å². The highest BCUT2D eigenvalue weighted by molar-refractivity contribution is 9.10. The van der Waals surface area contributed by atoms with Crippen LogP contribution in [0, 0.1) is 0 Å². The van der Waals surface area contributed by atoms with Crippen molar-refractivity contribution in [1.82, 2.24) is 9.97 Å². The molecule has 1 unspecified atom stereocenters. The number of carbonyl (C=O) groups excluding carboxylic acids is 1. The number of rotatable bonds is 2. The van der Waals surface area contributed by atoms with Gasteiger partial charge in [0.1, 0.15) is 18.2 Å². The molecule has 16 heavy (non-hydrogen) atoms. The summed E-state index contributed by atoms with van der Waals surface area (Å²) in [6.07, 6.45) is 4.93. The Morgan fingerprint density at radius 1 is 1.69 bits per heavy atom. The summed E-state index contributed by atoms with van der Waals surface area (Å²) < 4.78 is 5.58. The molecule has 1 aromatic heterocycles. The third-order valence-electron chi connectivity index (χ3n) is 2.65. The summed E-state index contributed by atoms with van der Waals surface area (Å²) in [6.45, 7) is 0.815. The third kappa shape index (κ3) is 2.02.